The number of nitrogens with one attached hydrogen (secondary N) is 1. The third-order valence-electron chi connectivity index (χ3n) is 5.60. The summed E-state index contributed by atoms with van der Waals surface area (Å²) in [6.45, 7) is 3.87. The molecule has 1 amide bonds. The van der Waals surface area contributed by atoms with Gasteiger partial charge in [-0.3, -0.25) is 10.1 Å². The number of rotatable bonds is 8. The van der Waals surface area contributed by atoms with Crippen LogP contribution in [0.5, 0.6) is 5.75 Å². The fraction of sp³-hybridized carbons (Fsp3) is 0.500. The molecular formula is C22H27ClN6O2S2. The predicted molar refractivity (Wildman–Crippen MR) is 131 cm³/mol. The van der Waals surface area contributed by atoms with Crippen LogP contribution in [-0.2, 0) is 11.8 Å². The van der Waals surface area contributed by atoms with Crippen molar-refractivity contribution in [2.24, 2.45) is 7.05 Å². The minimum Gasteiger partial charge on any atom is -0.481 e. The van der Waals surface area contributed by atoms with Crippen molar-refractivity contribution in [3.63, 3.8) is 0 Å². The Kier molecular flexibility index (Phi) is 7.87. The summed E-state index contributed by atoms with van der Waals surface area (Å²) in [4.78, 5) is 12.4. The highest BCUT2D eigenvalue weighted by atomic mass is 35.5. The van der Waals surface area contributed by atoms with Crippen LogP contribution in [0, 0.1) is 6.92 Å². The first-order valence-electron chi connectivity index (χ1n) is 11.0. The average Bonchev–Trinajstić information content (AvgIpc) is 3.42. The Morgan fingerprint density at radius 3 is 2.85 bits per heavy atom. The van der Waals surface area contributed by atoms with Gasteiger partial charge in [0, 0.05) is 13.0 Å². The van der Waals surface area contributed by atoms with Crippen LogP contribution in [0.25, 0.3) is 0 Å². The van der Waals surface area contributed by atoms with Crippen molar-refractivity contribution in [3.8, 4) is 5.75 Å². The van der Waals surface area contributed by atoms with Gasteiger partial charge in [0.15, 0.2) is 17.1 Å². The van der Waals surface area contributed by atoms with Crippen LogP contribution < -0.4 is 10.1 Å². The first-order chi connectivity index (χ1) is 15.9. The lowest BCUT2D eigenvalue weighted by Crippen LogP contribution is -2.14. The number of anilines is 1. The van der Waals surface area contributed by atoms with Gasteiger partial charge in [0.05, 0.1) is 10.8 Å². The Balaban J connectivity index is 1.31. The highest BCUT2D eigenvalue weighted by Gasteiger charge is 2.21. The van der Waals surface area contributed by atoms with Crippen LogP contribution in [0.1, 0.15) is 67.4 Å². The van der Waals surface area contributed by atoms with Gasteiger partial charge in [0.1, 0.15) is 10.8 Å². The summed E-state index contributed by atoms with van der Waals surface area (Å²) < 4.78 is 7.84. The van der Waals surface area contributed by atoms with E-state index in [0.717, 1.165) is 23.4 Å². The van der Waals surface area contributed by atoms with E-state index < -0.39 is 0 Å². The number of hydrogen-bond acceptors (Lipinski definition) is 8. The van der Waals surface area contributed by atoms with Crippen molar-refractivity contribution in [3.05, 3.63) is 39.6 Å². The zero-order valence-electron chi connectivity index (χ0n) is 18.9. The van der Waals surface area contributed by atoms with Gasteiger partial charge in [-0.15, -0.1) is 20.4 Å². The van der Waals surface area contributed by atoms with Gasteiger partial charge < -0.3 is 9.30 Å². The zero-order chi connectivity index (χ0) is 23.4. The summed E-state index contributed by atoms with van der Waals surface area (Å²) in [6, 6.07) is 5.63. The maximum atomic E-state index is 12.4. The third-order valence-corrected chi connectivity index (χ3v) is 7.93. The van der Waals surface area contributed by atoms with Gasteiger partial charge in [-0.2, -0.15) is 0 Å². The Hall–Kier alpha value is -2.17. The molecule has 2 aromatic heterocycles. The van der Waals surface area contributed by atoms with Crippen LogP contribution in [-0.4, -0.2) is 36.6 Å². The second-order valence-electron chi connectivity index (χ2n) is 8.21. The Morgan fingerprint density at radius 2 is 2.06 bits per heavy atom. The van der Waals surface area contributed by atoms with E-state index in [1.807, 2.05) is 43.7 Å². The molecule has 2 heterocycles. The molecule has 0 saturated heterocycles. The maximum Gasteiger partial charge on any atom is 0.236 e. The summed E-state index contributed by atoms with van der Waals surface area (Å²) in [7, 11) is 1.86. The molecule has 176 valence electrons. The number of thioether (sulfide) groups is 1. The lowest BCUT2D eigenvalue weighted by Gasteiger charge is -2.18. The lowest BCUT2D eigenvalue weighted by atomic mass is 9.90. The van der Waals surface area contributed by atoms with E-state index in [2.05, 4.69) is 25.7 Å². The molecular weight excluding hydrogens is 480 g/mol. The summed E-state index contributed by atoms with van der Waals surface area (Å²) in [5.74, 6) is 1.78. The number of aromatic nitrogens is 5. The van der Waals surface area contributed by atoms with E-state index in [9.17, 15) is 4.79 Å². The molecule has 33 heavy (non-hydrogen) atoms. The number of ether oxygens (including phenoxy) is 1. The normalized spacial score (nSPS) is 15.4. The summed E-state index contributed by atoms with van der Waals surface area (Å²) in [5, 5.41) is 22.5. The van der Waals surface area contributed by atoms with Crippen molar-refractivity contribution >= 4 is 45.7 Å². The molecule has 1 saturated carbocycles. The number of benzene rings is 1. The molecule has 1 aliphatic rings. The first-order valence-corrected chi connectivity index (χ1v) is 13.2. The molecule has 0 aliphatic heterocycles. The lowest BCUT2D eigenvalue weighted by molar-refractivity contribution is -0.113. The molecule has 11 heteroatoms. The van der Waals surface area contributed by atoms with Crippen molar-refractivity contribution in [1.29, 1.82) is 0 Å². The Bertz CT molecular complexity index is 1110. The van der Waals surface area contributed by atoms with Gasteiger partial charge in [-0.1, -0.05) is 60.0 Å². The topological polar surface area (TPSA) is 94.8 Å². The number of nitrogens with zero attached hydrogens (tertiary/aromatic N) is 5. The van der Waals surface area contributed by atoms with Crippen LogP contribution in [0.2, 0.25) is 5.02 Å². The summed E-state index contributed by atoms with van der Waals surface area (Å²) in [5.41, 5.74) is 1.06. The molecule has 0 radical (unpaired) electrons. The Morgan fingerprint density at radius 1 is 1.27 bits per heavy atom. The minimum absolute atomic E-state index is 0.147. The van der Waals surface area contributed by atoms with E-state index in [0.29, 0.717) is 32.8 Å². The number of hydrogen-bond donors (Lipinski definition) is 1. The van der Waals surface area contributed by atoms with E-state index in [1.165, 1.54) is 42.4 Å². The molecule has 3 aromatic rings. The van der Waals surface area contributed by atoms with E-state index >= 15 is 0 Å². The zero-order valence-corrected chi connectivity index (χ0v) is 21.3. The molecule has 1 unspecified atom stereocenters. The number of carbonyl (C=O) groups excluding carboxylic acids is 1. The molecule has 1 N–H and O–H groups in total. The molecule has 0 bridgehead atoms. The fourth-order valence-electron chi connectivity index (χ4n) is 3.83. The van der Waals surface area contributed by atoms with Gasteiger partial charge in [0.2, 0.25) is 11.0 Å². The molecule has 1 atom stereocenters. The number of aryl methyl sites for hydroxylation is 1. The van der Waals surface area contributed by atoms with Gasteiger partial charge in [0.25, 0.3) is 0 Å². The monoisotopic (exact) mass is 506 g/mol. The van der Waals surface area contributed by atoms with Crippen molar-refractivity contribution in [1.82, 2.24) is 25.0 Å². The van der Waals surface area contributed by atoms with E-state index in [1.54, 1.807) is 0 Å². The van der Waals surface area contributed by atoms with Gasteiger partial charge >= 0.3 is 0 Å². The van der Waals surface area contributed by atoms with Gasteiger partial charge in [-0.25, -0.2) is 0 Å². The third kappa shape index (κ3) is 6.04. The molecule has 1 aliphatic carbocycles. The van der Waals surface area contributed by atoms with E-state index in [4.69, 9.17) is 16.3 Å². The molecule has 1 fully saturated rings. The van der Waals surface area contributed by atoms with Crippen LogP contribution >= 0.6 is 34.7 Å². The quantitative estimate of drug-likeness (QED) is 0.400. The fourth-order valence-corrected chi connectivity index (χ4v) is 5.64. The standard InChI is InChI=1S/C22H27ClN6O2S2/c1-13-9-10-16(23)17(11-13)31-14(2)19-25-28-22(29(19)3)32-12-18(30)24-21-27-26-20(33-21)15-7-5-4-6-8-15/h9-11,14-15H,4-8,12H2,1-3H3,(H,24,27,30). The van der Waals surface area contributed by atoms with Crippen LogP contribution in [0.4, 0.5) is 5.13 Å². The highest BCUT2D eigenvalue weighted by Crippen LogP contribution is 2.35. The van der Waals surface area contributed by atoms with Gasteiger partial charge in [-0.05, 0) is 44.4 Å². The summed E-state index contributed by atoms with van der Waals surface area (Å²) in [6.07, 6.45) is 5.74. The first kappa shape index (κ1) is 24.0. The van der Waals surface area contributed by atoms with Crippen LogP contribution in [0.15, 0.2) is 23.4 Å². The SMILES string of the molecule is Cc1ccc(Cl)c(OC(C)c2nnc(SCC(=O)Nc3nnc(C4CCCCC4)s3)n2C)c1. The number of amides is 1. The van der Waals surface area contributed by atoms with Crippen molar-refractivity contribution in [2.75, 3.05) is 11.1 Å². The second-order valence-corrected chi connectivity index (χ2v) is 10.6. The maximum absolute atomic E-state index is 12.4. The Labute approximate surface area is 206 Å². The molecule has 1 aromatic carbocycles. The molecule has 0 spiro atoms. The minimum atomic E-state index is -0.357. The molecule has 4 rings (SSSR count). The average molecular weight is 507 g/mol. The second kappa shape index (κ2) is 10.8. The summed E-state index contributed by atoms with van der Waals surface area (Å²) >= 11 is 9.04. The predicted octanol–water partition coefficient (Wildman–Crippen LogP) is 5.55. The smallest absolute Gasteiger partial charge is 0.236 e. The molecule has 8 nitrogen and oxygen atoms in total. The largest absolute Gasteiger partial charge is 0.481 e. The van der Waals surface area contributed by atoms with Crippen LogP contribution in [0.3, 0.4) is 0 Å². The van der Waals surface area contributed by atoms with Crippen molar-refractivity contribution < 1.29 is 9.53 Å². The van der Waals surface area contributed by atoms with Crippen molar-refractivity contribution in [2.45, 2.75) is 63.1 Å². The number of halogens is 1. The highest BCUT2D eigenvalue weighted by molar-refractivity contribution is 7.99. The van der Waals surface area contributed by atoms with E-state index in [-0.39, 0.29) is 17.8 Å². The number of carbonyl (C=O) groups is 1.